The van der Waals surface area contributed by atoms with E-state index in [0.717, 1.165) is 22.4 Å². The Kier molecular flexibility index (Phi) is 2.86. The number of anilines is 1. The van der Waals surface area contributed by atoms with Gasteiger partial charge in [-0.3, -0.25) is 0 Å². The molecule has 18 heavy (non-hydrogen) atoms. The van der Waals surface area contributed by atoms with Gasteiger partial charge in [-0.2, -0.15) is 0 Å². The number of rotatable bonds is 2. The molecule has 1 aliphatic carbocycles. The van der Waals surface area contributed by atoms with Crippen LogP contribution in [-0.2, 0) is 0 Å². The van der Waals surface area contributed by atoms with Crippen LogP contribution in [0.5, 0.6) is 5.75 Å². The smallest absolute Gasteiger partial charge is 0.123 e. The van der Waals surface area contributed by atoms with Crippen molar-refractivity contribution in [1.82, 2.24) is 0 Å². The lowest BCUT2D eigenvalue weighted by atomic mass is 10.1. The molecule has 2 N–H and O–H groups in total. The van der Waals surface area contributed by atoms with E-state index in [4.69, 9.17) is 0 Å². The molecule has 2 aromatic rings. The molecule has 0 radical (unpaired) electrons. The zero-order valence-corrected chi connectivity index (χ0v) is 10.7. The second-order valence-corrected chi connectivity index (χ2v) is 5.44. The minimum atomic E-state index is 0.357. The Balaban J connectivity index is 1.94. The maximum absolute atomic E-state index is 9.87. The van der Waals surface area contributed by atoms with Crippen LogP contribution in [0.2, 0.25) is 0 Å². The molecule has 0 amide bonds. The molecule has 2 aromatic carbocycles. The summed E-state index contributed by atoms with van der Waals surface area (Å²) in [5.74, 6) is 1.18. The van der Waals surface area contributed by atoms with Crippen LogP contribution >= 0.6 is 0 Å². The summed E-state index contributed by atoms with van der Waals surface area (Å²) in [6.07, 6.45) is 3.80. The molecule has 1 saturated carbocycles. The maximum Gasteiger partial charge on any atom is 0.123 e. The molecule has 0 aromatic heterocycles. The third kappa shape index (κ3) is 2.03. The fraction of sp³-hybridized carbons (Fsp3) is 0.375. The van der Waals surface area contributed by atoms with E-state index in [0.29, 0.717) is 11.8 Å². The Hall–Kier alpha value is -1.70. The third-order valence-corrected chi connectivity index (χ3v) is 3.95. The van der Waals surface area contributed by atoms with E-state index in [2.05, 4.69) is 24.4 Å². The van der Waals surface area contributed by atoms with Gasteiger partial charge < -0.3 is 10.4 Å². The van der Waals surface area contributed by atoms with Crippen molar-refractivity contribution in [3.8, 4) is 5.75 Å². The Labute approximate surface area is 108 Å². The predicted octanol–water partition coefficient (Wildman–Crippen LogP) is 4.15. The average Bonchev–Trinajstić information content (AvgIpc) is 2.76. The molecular formula is C16H19NO. The van der Waals surface area contributed by atoms with Crippen LogP contribution in [-0.4, -0.2) is 11.1 Å². The summed E-state index contributed by atoms with van der Waals surface area (Å²) in [4.78, 5) is 0. The summed E-state index contributed by atoms with van der Waals surface area (Å²) < 4.78 is 0. The van der Waals surface area contributed by atoms with Crippen molar-refractivity contribution in [2.45, 2.75) is 32.2 Å². The Morgan fingerprint density at radius 1 is 1.06 bits per heavy atom. The van der Waals surface area contributed by atoms with Gasteiger partial charge in [-0.1, -0.05) is 31.2 Å². The number of hydrogen-bond acceptors (Lipinski definition) is 2. The number of aromatic hydroxyl groups is 1. The van der Waals surface area contributed by atoms with Gasteiger partial charge >= 0.3 is 0 Å². The highest BCUT2D eigenvalue weighted by Gasteiger charge is 2.21. The molecular weight excluding hydrogens is 222 g/mol. The fourth-order valence-corrected chi connectivity index (χ4v) is 2.98. The largest absolute Gasteiger partial charge is 0.507 e. The molecule has 1 fully saturated rings. The van der Waals surface area contributed by atoms with Gasteiger partial charge in [0.1, 0.15) is 5.75 Å². The Morgan fingerprint density at radius 2 is 1.83 bits per heavy atom. The lowest BCUT2D eigenvalue weighted by molar-refractivity contribution is 0.481. The molecule has 0 saturated heterocycles. The van der Waals surface area contributed by atoms with Gasteiger partial charge in [0.2, 0.25) is 0 Å². The minimum Gasteiger partial charge on any atom is -0.507 e. The van der Waals surface area contributed by atoms with Crippen molar-refractivity contribution >= 4 is 16.5 Å². The Morgan fingerprint density at radius 3 is 2.61 bits per heavy atom. The van der Waals surface area contributed by atoms with E-state index in [1.807, 2.05) is 18.2 Å². The number of fused-ring (bicyclic) bond motifs is 1. The first-order valence-electron chi connectivity index (χ1n) is 6.71. The lowest BCUT2D eigenvalue weighted by Crippen LogP contribution is -2.15. The summed E-state index contributed by atoms with van der Waals surface area (Å²) in [6, 6.07) is 12.4. The summed E-state index contributed by atoms with van der Waals surface area (Å²) in [7, 11) is 0. The average molecular weight is 241 g/mol. The molecule has 3 rings (SSSR count). The van der Waals surface area contributed by atoms with E-state index in [1.165, 1.54) is 19.3 Å². The summed E-state index contributed by atoms with van der Waals surface area (Å²) in [6.45, 7) is 2.32. The van der Waals surface area contributed by atoms with E-state index in [1.54, 1.807) is 6.07 Å². The standard InChI is InChI=1S/C16H19NO/c1-11-8-9-12(10-11)17-15-6-2-5-14-13(15)4-3-7-16(14)18/h2-7,11-12,17-18H,8-10H2,1H3. The van der Waals surface area contributed by atoms with Crippen molar-refractivity contribution in [2.75, 3.05) is 5.32 Å². The van der Waals surface area contributed by atoms with Crippen LogP contribution in [0.4, 0.5) is 5.69 Å². The monoisotopic (exact) mass is 241 g/mol. The molecule has 0 spiro atoms. The minimum absolute atomic E-state index is 0.357. The third-order valence-electron chi connectivity index (χ3n) is 3.95. The van der Waals surface area contributed by atoms with Crippen LogP contribution in [0.1, 0.15) is 26.2 Å². The molecule has 94 valence electrons. The number of hydrogen-bond donors (Lipinski definition) is 2. The van der Waals surface area contributed by atoms with Gasteiger partial charge in [0.05, 0.1) is 0 Å². The van der Waals surface area contributed by atoms with Crippen LogP contribution in [0, 0.1) is 5.92 Å². The first-order valence-corrected chi connectivity index (χ1v) is 6.71. The van der Waals surface area contributed by atoms with Crippen LogP contribution in [0.3, 0.4) is 0 Å². The van der Waals surface area contributed by atoms with Crippen LogP contribution in [0.25, 0.3) is 10.8 Å². The fourth-order valence-electron chi connectivity index (χ4n) is 2.98. The second kappa shape index (κ2) is 4.52. The van der Waals surface area contributed by atoms with Crippen LogP contribution < -0.4 is 5.32 Å². The summed E-state index contributed by atoms with van der Waals surface area (Å²) >= 11 is 0. The number of benzene rings is 2. The van der Waals surface area contributed by atoms with Gasteiger partial charge in [0.15, 0.2) is 0 Å². The first kappa shape index (κ1) is 11.4. The quantitative estimate of drug-likeness (QED) is 0.828. The van der Waals surface area contributed by atoms with Gasteiger partial charge in [0, 0.05) is 22.5 Å². The summed E-state index contributed by atoms with van der Waals surface area (Å²) in [5, 5.41) is 15.5. The summed E-state index contributed by atoms with van der Waals surface area (Å²) in [5.41, 5.74) is 1.14. The van der Waals surface area contributed by atoms with E-state index in [-0.39, 0.29) is 0 Å². The first-order chi connectivity index (χ1) is 8.74. The highest BCUT2D eigenvalue weighted by Crippen LogP contribution is 2.33. The van der Waals surface area contributed by atoms with E-state index in [9.17, 15) is 5.11 Å². The van der Waals surface area contributed by atoms with Gasteiger partial charge in [-0.05, 0) is 37.3 Å². The zero-order valence-electron chi connectivity index (χ0n) is 10.7. The highest BCUT2D eigenvalue weighted by atomic mass is 16.3. The van der Waals surface area contributed by atoms with Gasteiger partial charge in [0.25, 0.3) is 0 Å². The molecule has 2 unspecified atom stereocenters. The Bertz CT molecular complexity index is 564. The number of phenols is 1. The highest BCUT2D eigenvalue weighted by molar-refractivity contribution is 5.97. The van der Waals surface area contributed by atoms with E-state index >= 15 is 0 Å². The van der Waals surface area contributed by atoms with Crippen LogP contribution in [0.15, 0.2) is 36.4 Å². The zero-order chi connectivity index (χ0) is 12.5. The van der Waals surface area contributed by atoms with Crippen molar-refractivity contribution in [2.24, 2.45) is 5.92 Å². The van der Waals surface area contributed by atoms with Crippen molar-refractivity contribution in [1.29, 1.82) is 0 Å². The molecule has 2 heteroatoms. The molecule has 0 heterocycles. The maximum atomic E-state index is 9.87. The van der Waals surface area contributed by atoms with Crippen molar-refractivity contribution in [3.05, 3.63) is 36.4 Å². The second-order valence-electron chi connectivity index (χ2n) is 5.44. The molecule has 0 bridgehead atoms. The molecule has 2 nitrogen and oxygen atoms in total. The SMILES string of the molecule is CC1CCC(Nc2cccc3c(O)cccc23)C1. The van der Waals surface area contributed by atoms with E-state index < -0.39 is 0 Å². The predicted molar refractivity (Wildman–Crippen MR) is 76.0 cm³/mol. The molecule has 1 aliphatic rings. The van der Waals surface area contributed by atoms with Crippen molar-refractivity contribution in [3.63, 3.8) is 0 Å². The van der Waals surface area contributed by atoms with Gasteiger partial charge in [-0.15, -0.1) is 0 Å². The molecule has 2 atom stereocenters. The van der Waals surface area contributed by atoms with Gasteiger partial charge in [-0.25, -0.2) is 0 Å². The normalized spacial score (nSPS) is 23.4. The molecule has 0 aliphatic heterocycles. The number of phenolic OH excluding ortho intramolecular Hbond substituents is 1. The van der Waals surface area contributed by atoms with Crippen molar-refractivity contribution < 1.29 is 5.11 Å². The lowest BCUT2D eigenvalue weighted by Gasteiger charge is -2.16. The number of nitrogens with one attached hydrogen (secondary N) is 1. The topological polar surface area (TPSA) is 32.3 Å².